The smallest absolute Gasteiger partial charge is 0.326 e. The number of hydrogen-bond acceptors (Lipinski definition) is 6. The summed E-state index contributed by atoms with van der Waals surface area (Å²) >= 11 is 0. The van der Waals surface area contributed by atoms with Crippen molar-refractivity contribution in [2.24, 2.45) is 17.6 Å². The number of aliphatic hydroxyl groups is 1. The number of nitrogens with zero attached hydrogens (tertiary/aromatic N) is 1. The number of aliphatic hydroxyl groups excluding tert-OH is 1. The topological polar surface area (TPSA) is 162 Å². The van der Waals surface area contributed by atoms with Crippen LogP contribution in [0, 0.1) is 11.8 Å². The van der Waals surface area contributed by atoms with Crippen molar-refractivity contribution in [1.29, 1.82) is 0 Å². The molecule has 5 unspecified atom stereocenters. The highest BCUT2D eigenvalue weighted by atomic mass is 16.4. The minimum Gasteiger partial charge on any atom is -0.480 e. The number of rotatable bonds is 10. The molecule has 1 fully saturated rings. The molecule has 166 valence electrons. The molecule has 10 heteroatoms. The van der Waals surface area contributed by atoms with E-state index >= 15 is 0 Å². The average molecular weight is 415 g/mol. The summed E-state index contributed by atoms with van der Waals surface area (Å²) in [5.74, 6) is -3.29. The standard InChI is InChI=1S/C19H34N4O6/c1-5-11(4)15(19(28)29)22-16(25)12(9-24)21-17(26)13-7-6-8-23(13)18(27)14(20)10(2)3/h10-15,24H,5-9,20H2,1-4H3,(H,21,26)(H,22,25)(H,28,29). The van der Waals surface area contributed by atoms with Crippen LogP contribution in [-0.4, -0.2) is 76.1 Å². The van der Waals surface area contributed by atoms with E-state index in [0.717, 1.165) is 0 Å². The van der Waals surface area contributed by atoms with Crippen LogP contribution in [0.5, 0.6) is 0 Å². The predicted molar refractivity (Wildman–Crippen MR) is 106 cm³/mol. The van der Waals surface area contributed by atoms with Gasteiger partial charge in [-0.05, 0) is 24.7 Å². The maximum atomic E-state index is 12.7. The van der Waals surface area contributed by atoms with E-state index in [4.69, 9.17) is 5.73 Å². The maximum Gasteiger partial charge on any atom is 0.326 e. The molecule has 3 amide bonds. The fraction of sp³-hybridized carbons (Fsp3) is 0.789. The molecule has 0 radical (unpaired) electrons. The molecule has 5 atom stereocenters. The minimum absolute atomic E-state index is 0.0868. The lowest BCUT2D eigenvalue weighted by Crippen LogP contribution is -2.58. The van der Waals surface area contributed by atoms with Crippen LogP contribution in [-0.2, 0) is 19.2 Å². The van der Waals surface area contributed by atoms with E-state index < -0.39 is 48.6 Å². The number of aliphatic carboxylic acids is 1. The lowest BCUT2D eigenvalue weighted by Gasteiger charge is -2.29. The SMILES string of the molecule is CCC(C)C(NC(=O)C(CO)NC(=O)C1CCCN1C(=O)C(N)C(C)C)C(=O)O. The van der Waals surface area contributed by atoms with Gasteiger partial charge in [0.05, 0.1) is 12.6 Å². The van der Waals surface area contributed by atoms with Gasteiger partial charge in [0.25, 0.3) is 0 Å². The molecule has 1 saturated heterocycles. The van der Waals surface area contributed by atoms with Crippen molar-refractivity contribution in [2.45, 2.75) is 71.1 Å². The highest BCUT2D eigenvalue weighted by molar-refractivity contribution is 5.94. The fourth-order valence-corrected chi connectivity index (χ4v) is 3.18. The van der Waals surface area contributed by atoms with Crippen LogP contribution in [0.2, 0.25) is 0 Å². The number of amides is 3. The highest BCUT2D eigenvalue weighted by Crippen LogP contribution is 2.20. The summed E-state index contributed by atoms with van der Waals surface area (Å²) in [5, 5.41) is 23.7. The van der Waals surface area contributed by atoms with Crippen molar-refractivity contribution in [1.82, 2.24) is 15.5 Å². The molecule has 1 aliphatic rings. The van der Waals surface area contributed by atoms with Crippen molar-refractivity contribution in [2.75, 3.05) is 13.2 Å². The summed E-state index contributed by atoms with van der Waals surface area (Å²) in [7, 11) is 0. The Morgan fingerprint density at radius 2 is 1.79 bits per heavy atom. The van der Waals surface area contributed by atoms with E-state index in [-0.39, 0.29) is 17.7 Å². The van der Waals surface area contributed by atoms with E-state index in [1.54, 1.807) is 13.8 Å². The van der Waals surface area contributed by atoms with Gasteiger partial charge in [-0.25, -0.2) is 4.79 Å². The minimum atomic E-state index is -1.32. The summed E-state index contributed by atoms with van der Waals surface area (Å²) in [4.78, 5) is 50.5. The van der Waals surface area contributed by atoms with Crippen LogP contribution in [0.25, 0.3) is 0 Å². The molecule has 1 heterocycles. The molecule has 0 aromatic rings. The zero-order valence-corrected chi connectivity index (χ0v) is 17.6. The summed E-state index contributed by atoms with van der Waals surface area (Å²) in [6.45, 7) is 6.81. The average Bonchev–Trinajstić information content (AvgIpc) is 3.17. The molecule has 1 aliphatic heterocycles. The Morgan fingerprint density at radius 3 is 2.28 bits per heavy atom. The number of carbonyl (C=O) groups excluding carboxylic acids is 3. The first-order valence-corrected chi connectivity index (χ1v) is 10.1. The number of nitrogens with two attached hydrogens (primary N) is 1. The second kappa shape index (κ2) is 11.1. The largest absolute Gasteiger partial charge is 0.480 e. The lowest BCUT2D eigenvalue weighted by molar-refractivity contribution is -0.144. The Hall–Kier alpha value is -2.20. The van der Waals surface area contributed by atoms with Gasteiger partial charge < -0.3 is 31.5 Å². The molecule has 0 spiro atoms. The first kappa shape index (κ1) is 24.8. The third-order valence-electron chi connectivity index (χ3n) is 5.43. The lowest BCUT2D eigenvalue weighted by atomic mass is 9.99. The highest BCUT2D eigenvalue weighted by Gasteiger charge is 2.38. The maximum absolute atomic E-state index is 12.7. The Bertz CT molecular complexity index is 612. The van der Waals surface area contributed by atoms with Crippen molar-refractivity contribution in [3.05, 3.63) is 0 Å². The second-order valence-electron chi connectivity index (χ2n) is 7.91. The first-order valence-electron chi connectivity index (χ1n) is 10.1. The Kier molecular flexibility index (Phi) is 9.51. The van der Waals surface area contributed by atoms with E-state index in [9.17, 15) is 29.4 Å². The number of nitrogens with one attached hydrogen (secondary N) is 2. The van der Waals surface area contributed by atoms with E-state index in [0.29, 0.717) is 25.8 Å². The predicted octanol–water partition coefficient (Wildman–Crippen LogP) is -0.947. The molecule has 0 aromatic carbocycles. The first-order chi connectivity index (χ1) is 13.5. The summed E-state index contributed by atoms with van der Waals surface area (Å²) in [6, 6.07) is -3.96. The summed E-state index contributed by atoms with van der Waals surface area (Å²) in [5.41, 5.74) is 5.92. The Balaban J connectivity index is 2.82. The molecule has 6 N–H and O–H groups in total. The van der Waals surface area contributed by atoms with Crippen LogP contribution in [0.3, 0.4) is 0 Å². The monoisotopic (exact) mass is 414 g/mol. The van der Waals surface area contributed by atoms with Gasteiger partial charge in [-0.1, -0.05) is 34.1 Å². The second-order valence-corrected chi connectivity index (χ2v) is 7.91. The van der Waals surface area contributed by atoms with Gasteiger partial charge in [-0.15, -0.1) is 0 Å². The van der Waals surface area contributed by atoms with Crippen LogP contribution >= 0.6 is 0 Å². The molecule has 0 bridgehead atoms. The molecule has 29 heavy (non-hydrogen) atoms. The van der Waals surface area contributed by atoms with Crippen molar-refractivity contribution >= 4 is 23.7 Å². The number of carboxylic acids is 1. The molecule has 0 saturated carbocycles. The summed E-state index contributed by atoms with van der Waals surface area (Å²) < 4.78 is 0. The molecular formula is C19H34N4O6. The fourth-order valence-electron chi connectivity index (χ4n) is 3.18. The third-order valence-corrected chi connectivity index (χ3v) is 5.43. The Labute approximate surface area is 171 Å². The van der Waals surface area contributed by atoms with Gasteiger partial charge in [0.2, 0.25) is 17.7 Å². The van der Waals surface area contributed by atoms with Gasteiger partial charge in [0, 0.05) is 6.54 Å². The zero-order valence-electron chi connectivity index (χ0n) is 17.6. The summed E-state index contributed by atoms with van der Waals surface area (Å²) in [6.07, 6.45) is 1.58. The van der Waals surface area contributed by atoms with E-state index in [2.05, 4.69) is 10.6 Å². The van der Waals surface area contributed by atoms with Gasteiger partial charge in [0.1, 0.15) is 18.1 Å². The molecule has 1 rings (SSSR count). The molecule has 0 aromatic heterocycles. The van der Waals surface area contributed by atoms with Crippen LogP contribution in [0.15, 0.2) is 0 Å². The van der Waals surface area contributed by atoms with E-state index in [1.807, 2.05) is 13.8 Å². The van der Waals surface area contributed by atoms with Crippen LogP contribution in [0.1, 0.15) is 47.0 Å². The van der Waals surface area contributed by atoms with Crippen LogP contribution in [0.4, 0.5) is 0 Å². The number of carboxylic acid groups (broad SMARTS) is 1. The van der Waals surface area contributed by atoms with Gasteiger partial charge >= 0.3 is 5.97 Å². The van der Waals surface area contributed by atoms with E-state index in [1.165, 1.54) is 4.90 Å². The molecule has 10 nitrogen and oxygen atoms in total. The van der Waals surface area contributed by atoms with Crippen molar-refractivity contribution < 1.29 is 29.4 Å². The number of likely N-dealkylation sites (tertiary alicyclic amines) is 1. The molecule has 0 aliphatic carbocycles. The normalized spacial score (nSPS) is 20.7. The van der Waals surface area contributed by atoms with Gasteiger partial charge in [-0.3, -0.25) is 14.4 Å². The number of hydrogen-bond donors (Lipinski definition) is 5. The van der Waals surface area contributed by atoms with Crippen molar-refractivity contribution in [3.63, 3.8) is 0 Å². The zero-order chi connectivity index (χ0) is 22.3. The molecular weight excluding hydrogens is 380 g/mol. The van der Waals surface area contributed by atoms with Crippen molar-refractivity contribution in [3.8, 4) is 0 Å². The quantitative estimate of drug-likeness (QED) is 0.308. The third kappa shape index (κ3) is 6.40. The van der Waals surface area contributed by atoms with Crippen LogP contribution < -0.4 is 16.4 Å². The number of carbonyl (C=O) groups is 4. The van der Waals surface area contributed by atoms with Gasteiger partial charge in [0.15, 0.2) is 0 Å². The van der Waals surface area contributed by atoms with Gasteiger partial charge in [-0.2, -0.15) is 0 Å². The Morgan fingerprint density at radius 1 is 1.17 bits per heavy atom.